The van der Waals surface area contributed by atoms with Gasteiger partial charge in [-0.3, -0.25) is 4.79 Å². The SMILES string of the molecule is COc1c(S(C)(=O)=O)ccc(O[C@@H](C)C(F)(F)F)c1C(=O)N1CC(c2ccc(C(F)F)cc2Cl)C1. The highest BCUT2D eigenvalue weighted by atomic mass is 35.5. The molecule has 2 aromatic carbocycles. The van der Waals surface area contributed by atoms with E-state index in [9.17, 15) is 35.2 Å². The molecule has 1 fully saturated rings. The van der Waals surface area contributed by atoms with Gasteiger partial charge in [0.2, 0.25) is 0 Å². The molecule has 3 rings (SSSR count). The number of likely N-dealkylation sites (tertiary alicyclic amines) is 1. The van der Waals surface area contributed by atoms with Gasteiger partial charge in [0.05, 0.1) is 7.11 Å². The number of carbonyl (C=O) groups is 1. The second-order valence-corrected chi connectivity index (χ2v) is 10.4. The van der Waals surface area contributed by atoms with Crippen molar-refractivity contribution in [3.63, 3.8) is 0 Å². The first-order valence-electron chi connectivity index (χ1n) is 10.2. The molecule has 1 saturated heterocycles. The van der Waals surface area contributed by atoms with E-state index >= 15 is 0 Å². The van der Waals surface area contributed by atoms with Crippen LogP contribution in [0.5, 0.6) is 11.5 Å². The third kappa shape index (κ3) is 5.64. The second kappa shape index (κ2) is 9.81. The van der Waals surface area contributed by atoms with Crippen LogP contribution in [0.15, 0.2) is 35.2 Å². The van der Waals surface area contributed by atoms with Gasteiger partial charge in [-0.2, -0.15) is 13.2 Å². The first-order valence-corrected chi connectivity index (χ1v) is 12.4. The molecule has 1 atom stereocenters. The van der Waals surface area contributed by atoms with Crippen LogP contribution in [0.25, 0.3) is 0 Å². The van der Waals surface area contributed by atoms with Gasteiger partial charge in [-0.25, -0.2) is 17.2 Å². The lowest BCUT2D eigenvalue weighted by Crippen LogP contribution is -2.48. The number of carbonyl (C=O) groups excluding carboxylic acids is 1. The zero-order valence-electron chi connectivity index (χ0n) is 18.7. The van der Waals surface area contributed by atoms with Gasteiger partial charge in [-0.15, -0.1) is 0 Å². The van der Waals surface area contributed by atoms with Gasteiger partial charge in [0.1, 0.15) is 16.2 Å². The van der Waals surface area contributed by atoms with Crippen LogP contribution < -0.4 is 9.47 Å². The molecule has 13 heteroatoms. The van der Waals surface area contributed by atoms with Crippen molar-refractivity contribution in [1.29, 1.82) is 0 Å². The molecule has 0 radical (unpaired) electrons. The molecule has 35 heavy (non-hydrogen) atoms. The van der Waals surface area contributed by atoms with Crippen LogP contribution in [0, 0.1) is 0 Å². The molecular formula is C22H21ClF5NO5S. The average molecular weight is 542 g/mol. The average Bonchev–Trinajstić information content (AvgIpc) is 2.71. The van der Waals surface area contributed by atoms with E-state index in [4.69, 9.17) is 21.1 Å². The molecule has 1 amide bonds. The van der Waals surface area contributed by atoms with Crippen molar-refractivity contribution in [2.45, 2.75) is 36.4 Å². The predicted octanol–water partition coefficient (Wildman–Crippen LogP) is 5.26. The summed E-state index contributed by atoms with van der Waals surface area (Å²) in [6.45, 7) is 0.871. The molecule has 0 spiro atoms. The van der Waals surface area contributed by atoms with Gasteiger partial charge in [0.25, 0.3) is 12.3 Å². The monoisotopic (exact) mass is 541 g/mol. The molecule has 0 unspecified atom stereocenters. The van der Waals surface area contributed by atoms with Crippen LogP contribution >= 0.6 is 11.6 Å². The Balaban J connectivity index is 1.95. The summed E-state index contributed by atoms with van der Waals surface area (Å²) in [7, 11) is -2.83. The lowest BCUT2D eigenvalue weighted by Gasteiger charge is -2.40. The number of amides is 1. The number of sulfone groups is 1. The van der Waals surface area contributed by atoms with Gasteiger partial charge in [-0.1, -0.05) is 23.7 Å². The maximum absolute atomic E-state index is 13.3. The summed E-state index contributed by atoms with van der Waals surface area (Å²) in [5.41, 5.74) is -0.197. The zero-order chi connectivity index (χ0) is 26.3. The fraction of sp³-hybridized carbons (Fsp3) is 0.409. The second-order valence-electron chi connectivity index (χ2n) is 8.03. The van der Waals surface area contributed by atoms with E-state index in [0.29, 0.717) is 5.56 Å². The van der Waals surface area contributed by atoms with Crippen molar-refractivity contribution >= 4 is 27.3 Å². The van der Waals surface area contributed by atoms with E-state index in [-0.39, 0.29) is 29.6 Å². The molecule has 0 aromatic heterocycles. The van der Waals surface area contributed by atoms with Gasteiger partial charge in [0, 0.05) is 35.8 Å². The Morgan fingerprint density at radius 3 is 2.29 bits per heavy atom. The number of ether oxygens (including phenoxy) is 2. The highest BCUT2D eigenvalue weighted by Gasteiger charge is 2.41. The van der Waals surface area contributed by atoms with Crippen LogP contribution in [0.1, 0.15) is 40.8 Å². The molecule has 1 aliphatic heterocycles. The summed E-state index contributed by atoms with van der Waals surface area (Å²) < 4.78 is 99.6. The number of hydrogen-bond acceptors (Lipinski definition) is 5. The lowest BCUT2D eigenvalue weighted by atomic mass is 9.90. The maximum Gasteiger partial charge on any atom is 0.425 e. The maximum atomic E-state index is 13.3. The highest BCUT2D eigenvalue weighted by molar-refractivity contribution is 7.90. The fourth-order valence-corrected chi connectivity index (χ4v) is 4.79. The summed E-state index contributed by atoms with van der Waals surface area (Å²) in [5, 5.41) is 0.0968. The topological polar surface area (TPSA) is 72.9 Å². The van der Waals surface area contributed by atoms with E-state index < -0.39 is 56.4 Å². The molecule has 0 bridgehead atoms. The quantitative estimate of drug-likeness (QED) is 0.447. The first-order chi connectivity index (χ1) is 16.1. The Morgan fingerprint density at radius 1 is 1.17 bits per heavy atom. The van der Waals surface area contributed by atoms with Crippen molar-refractivity contribution in [2.75, 3.05) is 26.5 Å². The summed E-state index contributed by atoms with van der Waals surface area (Å²) in [6, 6.07) is 5.77. The minimum atomic E-state index is -4.74. The molecule has 1 aliphatic rings. The largest absolute Gasteiger partial charge is 0.494 e. The Labute approximate surface area is 203 Å². The molecule has 0 saturated carbocycles. The van der Waals surface area contributed by atoms with E-state index in [1.807, 2.05) is 0 Å². The van der Waals surface area contributed by atoms with Gasteiger partial charge in [-0.05, 0) is 30.7 Å². The van der Waals surface area contributed by atoms with Gasteiger partial charge < -0.3 is 14.4 Å². The molecule has 6 nitrogen and oxygen atoms in total. The van der Waals surface area contributed by atoms with Crippen molar-refractivity contribution in [3.8, 4) is 11.5 Å². The molecule has 2 aromatic rings. The van der Waals surface area contributed by atoms with Crippen molar-refractivity contribution in [1.82, 2.24) is 4.90 Å². The Hall–Kier alpha value is -2.60. The standard InChI is InChI=1S/C22H21ClF5NO5S/c1-11(22(26,27)28)34-16-6-7-17(35(3,31)32)19(33-2)18(16)21(30)29-9-13(10-29)14-5-4-12(20(24)25)8-15(14)23/h4-8,11,13,20H,9-10H2,1-3H3/t11-/m0/s1. The molecule has 0 N–H and O–H groups in total. The Kier molecular flexibility index (Phi) is 7.56. The van der Waals surface area contributed by atoms with Crippen LogP contribution in [0.3, 0.4) is 0 Å². The van der Waals surface area contributed by atoms with Gasteiger partial charge in [0.15, 0.2) is 21.7 Å². The molecule has 1 heterocycles. The van der Waals surface area contributed by atoms with Crippen LogP contribution in [0.4, 0.5) is 22.0 Å². The van der Waals surface area contributed by atoms with E-state index in [0.717, 1.165) is 38.5 Å². The minimum Gasteiger partial charge on any atom is -0.494 e. The summed E-state index contributed by atoms with van der Waals surface area (Å²) in [4.78, 5) is 14.2. The van der Waals surface area contributed by atoms with Crippen LogP contribution in [-0.2, 0) is 9.84 Å². The minimum absolute atomic E-state index is 0.0626. The lowest BCUT2D eigenvalue weighted by molar-refractivity contribution is -0.189. The van der Waals surface area contributed by atoms with E-state index in [2.05, 4.69) is 0 Å². The number of halogens is 6. The van der Waals surface area contributed by atoms with Crippen LogP contribution in [-0.4, -0.2) is 58.0 Å². The van der Waals surface area contributed by atoms with E-state index in [1.165, 1.54) is 17.0 Å². The summed E-state index contributed by atoms with van der Waals surface area (Å²) >= 11 is 6.12. The summed E-state index contributed by atoms with van der Waals surface area (Å²) in [5.74, 6) is -2.06. The number of alkyl halides is 5. The molecule has 192 valence electrons. The fourth-order valence-electron chi connectivity index (χ4n) is 3.61. The third-order valence-electron chi connectivity index (χ3n) is 5.55. The Morgan fingerprint density at radius 2 is 1.80 bits per heavy atom. The molecular weight excluding hydrogens is 521 g/mol. The number of methoxy groups -OCH3 is 1. The van der Waals surface area contributed by atoms with Crippen LogP contribution in [0.2, 0.25) is 5.02 Å². The zero-order valence-corrected chi connectivity index (χ0v) is 20.3. The Bertz CT molecular complexity index is 1230. The first kappa shape index (κ1) is 27.0. The van der Waals surface area contributed by atoms with E-state index in [1.54, 1.807) is 0 Å². The van der Waals surface area contributed by atoms with Crippen molar-refractivity contribution in [3.05, 3.63) is 52.0 Å². The highest BCUT2D eigenvalue weighted by Crippen LogP contribution is 2.41. The van der Waals surface area contributed by atoms with Gasteiger partial charge >= 0.3 is 6.18 Å². The number of rotatable bonds is 7. The number of benzene rings is 2. The van der Waals surface area contributed by atoms with Crippen molar-refractivity contribution in [2.24, 2.45) is 0 Å². The number of nitrogens with zero attached hydrogens (tertiary/aromatic N) is 1. The third-order valence-corrected chi connectivity index (χ3v) is 7.00. The smallest absolute Gasteiger partial charge is 0.425 e. The predicted molar refractivity (Wildman–Crippen MR) is 117 cm³/mol. The summed E-state index contributed by atoms with van der Waals surface area (Å²) in [6.07, 6.45) is -8.87. The molecule has 0 aliphatic carbocycles. The van der Waals surface area contributed by atoms with Crippen molar-refractivity contribution < 1.29 is 44.6 Å². The normalized spacial score (nSPS) is 15.7. The number of hydrogen-bond donors (Lipinski definition) is 0.